The Morgan fingerprint density at radius 1 is 1.18 bits per heavy atom. The highest BCUT2D eigenvalue weighted by Gasteiger charge is 2.41. The van der Waals surface area contributed by atoms with Gasteiger partial charge in [-0.25, -0.2) is 0 Å². The number of rotatable bonds is 7. The molecule has 3 heterocycles. The van der Waals surface area contributed by atoms with Gasteiger partial charge in [0.2, 0.25) is 5.91 Å². The number of ether oxygens (including phenoxy) is 1. The molecule has 2 aliphatic heterocycles. The fraction of sp³-hybridized carbons (Fsp3) is 0.480. The number of thiophene rings is 1. The predicted molar refractivity (Wildman–Crippen MR) is 134 cm³/mol. The van der Waals surface area contributed by atoms with Gasteiger partial charge < -0.3 is 19.9 Å². The first-order valence-corrected chi connectivity index (χ1v) is 12.8. The number of hydrogen-bond donors (Lipinski definition) is 1. The van der Waals surface area contributed by atoms with E-state index in [1.165, 1.54) is 29.6 Å². The number of anilines is 1. The van der Waals surface area contributed by atoms with Crippen molar-refractivity contribution < 1.29 is 19.1 Å². The summed E-state index contributed by atoms with van der Waals surface area (Å²) in [5, 5.41) is 3.05. The molecule has 1 N–H and O–H groups in total. The number of halogens is 1. The molecule has 2 aromatic rings. The first kappa shape index (κ1) is 24.7. The Kier molecular flexibility index (Phi) is 7.91. The second kappa shape index (κ2) is 10.9. The molecular formula is C25H30ClN3O4S. The Morgan fingerprint density at radius 2 is 1.94 bits per heavy atom. The van der Waals surface area contributed by atoms with Crippen LogP contribution >= 0.6 is 22.9 Å². The minimum atomic E-state index is -0.408. The molecule has 0 unspecified atom stereocenters. The molecule has 4 rings (SSSR count). The van der Waals surface area contributed by atoms with E-state index in [0.29, 0.717) is 28.6 Å². The number of fused-ring (bicyclic) bond motifs is 1. The molecule has 34 heavy (non-hydrogen) atoms. The lowest BCUT2D eigenvalue weighted by atomic mass is 9.96. The van der Waals surface area contributed by atoms with Crippen LogP contribution in [0.4, 0.5) is 5.69 Å². The number of amides is 2. The zero-order chi connectivity index (χ0) is 24.2. The highest BCUT2D eigenvalue weighted by molar-refractivity contribution is 7.18. The SMILES string of the molecule is COC(=O)CCC[C@H]1C(=O)N(c2ccc3c(c2)CCN(C)CC3)C[C@@H]1NC(=O)c1ccc(Cl)s1. The summed E-state index contributed by atoms with van der Waals surface area (Å²) >= 11 is 7.21. The maximum atomic E-state index is 13.5. The van der Waals surface area contributed by atoms with E-state index in [0.717, 1.165) is 31.6 Å². The zero-order valence-electron chi connectivity index (χ0n) is 19.5. The number of carbonyl (C=O) groups is 3. The van der Waals surface area contributed by atoms with Gasteiger partial charge in [0.15, 0.2) is 0 Å². The van der Waals surface area contributed by atoms with Crippen LogP contribution < -0.4 is 10.2 Å². The van der Waals surface area contributed by atoms with Crippen LogP contribution in [0.2, 0.25) is 4.34 Å². The van der Waals surface area contributed by atoms with Gasteiger partial charge in [-0.3, -0.25) is 14.4 Å². The minimum Gasteiger partial charge on any atom is -0.469 e. The van der Waals surface area contributed by atoms with Crippen LogP contribution in [-0.2, 0) is 27.2 Å². The summed E-state index contributed by atoms with van der Waals surface area (Å²) in [7, 11) is 3.49. The number of likely N-dealkylation sites (N-methyl/N-ethyl adjacent to an activating group) is 1. The van der Waals surface area contributed by atoms with Gasteiger partial charge in [-0.05, 0) is 68.1 Å². The van der Waals surface area contributed by atoms with Crippen LogP contribution in [0.1, 0.15) is 40.1 Å². The van der Waals surface area contributed by atoms with Crippen LogP contribution in [0.5, 0.6) is 0 Å². The Balaban J connectivity index is 1.53. The molecule has 0 radical (unpaired) electrons. The number of nitrogens with zero attached hydrogens (tertiary/aromatic N) is 2. The van der Waals surface area contributed by atoms with Crippen molar-refractivity contribution in [3.8, 4) is 0 Å². The molecule has 0 aliphatic carbocycles. The summed E-state index contributed by atoms with van der Waals surface area (Å²) in [6, 6.07) is 9.28. The van der Waals surface area contributed by atoms with Crippen molar-refractivity contribution >= 4 is 46.4 Å². The highest BCUT2D eigenvalue weighted by Crippen LogP contribution is 2.32. The van der Waals surface area contributed by atoms with Gasteiger partial charge in [0, 0.05) is 31.7 Å². The molecule has 2 aliphatic rings. The van der Waals surface area contributed by atoms with Crippen molar-refractivity contribution in [1.82, 2.24) is 10.2 Å². The summed E-state index contributed by atoms with van der Waals surface area (Å²) in [6.07, 6.45) is 3.20. The number of benzene rings is 1. The normalized spacial score (nSPS) is 20.7. The number of nitrogens with one attached hydrogen (secondary N) is 1. The molecule has 9 heteroatoms. The topological polar surface area (TPSA) is 79.0 Å². The monoisotopic (exact) mass is 503 g/mol. The Morgan fingerprint density at radius 3 is 2.65 bits per heavy atom. The quantitative estimate of drug-likeness (QED) is 0.585. The molecule has 1 fully saturated rings. The van der Waals surface area contributed by atoms with Crippen LogP contribution in [0.15, 0.2) is 30.3 Å². The smallest absolute Gasteiger partial charge is 0.305 e. The van der Waals surface area contributed by atoms with Gasteiger partial charge in [0.25, 0.3) is 5.91 Å². The third kappa shape index (κ3) is 5.62. The molecule has 7 nitrogen and oxygen atoms in total. The number of carbonyl (C=O) groups excluding carboxylic acids is 3. The summed E-state index contributed by atoms with van der Waals surface area (Å²) in [6.45, 7) is 2.41. The van der Waals surface area contributed by atoms with Gasteiger partial charge in [0.1, 0.15) is 0 Å². The van der Waals surface area contributed by atoms with Crippen molar-refractivity contribution in [2.75, 3.05) is 38.7 Å². The van der Waals surface area contributed by atoms with Crippen LogP contribution in [0.25, 0.3) is 0 Å². The Bertz CT molecular complexity index is 1070. The third-order valence-corrected chi connectivity index (χ3v) is 7.94. The van der Waals surface area contributed by atoms with Gasteiger partial charge >= 0.3 is 5.97 Å². The molecule has 2 amide bonds. The summed E-state index contributed by atoms with van der Waals surface area (Å²) in [5.74, 6) is -0.967. The molecule has 1 aromatic carbocycles. The lowest BCUT2D eigenvalue weighted by Crippen LogP contribution is -2.40. The molecule has 2 atom stereocenters. The molecule has 1 aromatic heterocycles. The first-order chi connectivity index (χ1) is 16.4. The van der Waals surface area contributed by atoms with E-state index in [1.807, 2.05) is 6.07 Å². The van der Waals surface area contributed by atoms with Crippen molar-refractivity contribution in [3.63, 3.8) is 0 Å². The lowest BCUT2D eigenvalue weighted by molar-refractivity contribution is -0.141. The van der Waals surface area contributed by atoms with E-state index >= 15 is 0 Å². The minimum absolute atomic E-state index is 0.0231. The lowest BCUT2D eigenvalue weighted by Gasteiger charge is -2.19. The Labute approximate surface area is 209 Å². The van der Waals surface area contributed by atoms with Crippen molar-refractivity contribution in [2.24, 2.45) is 5.92 Å². The second-order valence-corrected chi connectivity index (χ2v) is 10.7. The number of esters is 1. The van der Waals surface area contributed by atoms with E-state index < -0.39 is 5.92 Å². The average Bonchev–Trinajstić information content (AvgIpc) is 3.33. The fourth-order valence-electron chi connectivity index (χ4n) is 4.73. The van der Waals surface area contributed by atoms with Crippen molar-refractivity contribution in [3.05, 3.63) is 50.7 Å². The maximum Gasteiger partial charge on any atom is 0.305 e. The largest absolute Gasteiger partial charge is 0.469 e. The third-order valence-electron chi connectivity index (χ3n) is 6.71. The number of methoxy groups -OCH3 is 1. The first-order valence-electron chi connectivity index (χ1n) is 11.6. The predicted octanol–water partition coefficient (Wildman–Crippen LogP) is 3.54. The van der Waals surface area contributed by atoms with Crippen molar-refractivity contribution in [2.45, 2.75) is 38.1 Å². The number of hydrogen-bond acceptors (Lipinski definition) is 6. The second-order valence-electron chi connectivity index (χ2n) is 8.96. The molecule has 1 saturated heterocycles. The van der Waals surface area contributed by atoms with Gasteiger partial charge in [-0.1, -0.05) is 17.7 Å². The summed E-state index contributed by atoms with van der Waals surface area (Å²) in [5.41, 5.74) is 3.47. The van der Waals surface area contributed by atoms with Gasteiger partial charge in [0.05, 0.1) is 28.3 Å². The van der Waals surface area contributed by atoms with E-state index in [-0.39, 0.29) is 30.2 Å². The molecule has 0 spiro atoms. The molecular weight excluding hydrogens is 474 g/mol. The highest BCUT2D eigenvalue weighted by atomic mass is 35.5. The average molecular weight is 504 g/mol. The van der Waals surface area contributed by atoms with Gasteiger partial charge in [-0.15, -0.1) is 11.3 Å². The molecule has 0 bridgehead atoms. The van der Waals surface area contributed by atoms with Crippen LogP contribution in [0.3, 0.4) is 0 Å². The van der Waals surface area contributed by atoms with E-state index in [2.05, 4.69) is 29.4 Å². The van der Waals surface area contributed by atoms with Crippen molar-refractivity contribution in [1.29, 1.82) is 0 Å². The molecule has 0 saturated carbocycles. The fourth-order valence-corrected chi connectivity index (χ4v) is 5.67. The standard InChI is InChI=1S/C25H30ClN3O4S/c1-28-12-10-16-6-7-18(14-17(16)11-13-28)29-15-20(27-24(31)21-8-9-22(26)34-21)19(25(29)32)4-3-5-23(30)33-2/h6-9,14,19-20H,3-5,10-13,15H2,1-2H3,(H,27,31)/t19-,20+/m1/s1. The zero-order valence-corrected chi connectivity index (χ0v) is 21.1. The van der Waals surface area contributed by atoms with Crippen LogP contribution in [-0.4, -0.2) is 62.5 Å². The van der Waals surface area contributed by atoms with E-state index in [4.69, 9.17) is 16.3 Å². The van der Waals surface area contributed by atoms with Gasteiger partial charge in [-0.2, -0.15) is 0 Å². The van der Waals surface area contributed by atoms with Crippen LogP contribution in [0, 0.1) is 5.92 Å². The Hall–Kier alpha value is -2.42. The summed E-state index contributed by atoms with van der Waals surface area (Å²) < 4.78 is 5.28. The van der Waals surface area contributed by atoms with E-state index in [1.54, 1.807) is 17.0 Å². The molecule has 182 valence electrons. The summed E-state index contributed by atoms with van der Waals surface area (Å²) in [4.78, 5) is 42.5. The maximum absolute atomic E-state index is 13.5. The van der Waals surface area contributed by atoms with E-state index in [9.17, 15) is 14.4 Å².